The Kier molecular flexibility index (Phi) is 3.19. The molecule has 1 heterocycles. The first-order chi connectivity index (χ1) is 6.59. The van der Waals surface area contributed by atoms with Gasteiger partial charge in [-0.1, -0.05) is 5.16 Å². The number of hydroxylamine groups is 1. The molecule has 1 rings (SSSR count). The summed E-state index contributed by atoms with van der Waals surface area (Å²) in [5.41, 5.74) is 2.44. The van der Waals surface area contributed by atoms with Crippen LogP contribution in [-0.4, -0.2) is 28.7 Å². The van der Waals surface area contributed by atoms with Crippen molar-refractivity contribution in [3.8, 4) is 0 Å². The lowest BCUT2D eigenvalue weighted by Crippen LogP contribution is -2.26. The number of hydrogen-bond acceptors (Lipinski definition) is 5. The van der Waals surface area contributed by atoms with Gasteiger partial charge in [-0.2, -0.15) is 0 Å². The molecule has 0 aromatic carbocycles. The minimum Gasteiger partial charge on any atom is -0.479 e. The second-order valence-corrected chi connectivity index (χ2v) is 2.45. The molecule has 1 aromatic rings. The Hall–Kier alpha value is -1.89. The second-order valence-electron chi connectivity index (χ2n) is 2.45. The van der Waals surface area contributed by atoms with Crippen molar-refractivity contribution in [2.45, 2.75) is 6.92 Å². The average Bonchev–Trinajstić information content (AvgIpc) is 2.51. The van der Waals surface area contributed by atoms with Crippen molar-refractivity contribution < 1.29 is 24.1 Å². The van der Waals surface area contributed by atoms with Gasteiger partial charge >= 0.3 is 11.9 Å². The van der Waals surface area contributed by atoms with Crippen LogP contribution in [0, 0.1) is 6.92 Å². The molecule has 2 N–H and O–H groups in total. The molecule has 0 bridgehead atoms. The number of carboxylic acid groups (broad SMARTS) is 1. The number of nitrogens with one attached hydrogen (secondary N) is 1. The van der Waals surface area contributed by atoms with Crippen molar-refractivity contribution in [1.82, 2.24) is 10.6 Å². The van der Waals surface area contributed by atoms with E-state index in [2.05, 4.69) is 14.5 Å². The average molecular weight is 200 g/mol. The Balaban J connectivity index is 2.39. The van der Waals surface area contributed by atoms with Gasteiger partial charge in [-0.25, -0.2) is 10.3 Å². The second kappa shape index (κ2) is 4.38. The van der Waals surface area contributed by atoms with Gasteiger partial charge in [-0.3, -0.25) is 9.63 Å². The summed E-state index contributed by atoms with van der Waals surface area (Å²) < 4.78 is 4.59. The molecular formula is C7H8N2O5. The standard InChI is InChI=1S/C7H8N2O5/c1-4-2-5(14-8-4)7(12)9-13-3-6(10)11/h2H,3H2,1H3,(H,9,12)(H,10,11). The third kappa shape index (κ3) is 2.87. The highest BCUT2D eigenvalue weighted by atomic mass is 16.7. The molecule has 7 heteroatoms. The zero-order chi connectivity index (χ0) is 10.6. The molecule has 0 atom stereocenters. The minimum absolute atomic E-state index is 0.0344. The lowest BCUT2D eigenvalue weighted by molar-refractivity contribution is -0.144. The number of aliphatic carboxylic acids is 1. The van der Waals surface area contributed by atoms with E-state index >= 15 is 0 Å². The number of aryl methyl sites for hydroxylation is 1. The third-order valence-electron chi connectivity index (χ3n) is 1.21. The third-order valence-corrected chi connectivity index (χ3v) is 1.21. The van der Waals surface area contributed by atoms with Gasteiger partial charge < -0.3 is 9.63 Å². The van der Waals surface area contributed by atoms with Crippen molar-refractivity contribution >= 4 is 11.9 Å². The van der Waals surface area contributed by atoms with E-state index in [1.807, 2.05) is 5.48 Å². The lowest BCUT2D eigenvalue weighted by Gasteiger charge is -1.99. The summed E-state index contributed by atoms with van der Waals surface area (Å²) in [4.78, 5) is 25.4. The van der Waals surface area contributed by atoms with Crippen molar-refractivity contribution in [2.75, 3.05) is 6.61 Å². The zero-order valence-electron chi connectivity index (χ0n) is 7.31. The van der Waals surface area contributed by atoms with E-state index in [9.17, 15) is 9.59 Å². The molecule has 1 amide bonds. The summed E-state index contributed by atoms with van der Waals surface area (Å²) in [7, 11) is 0. The van der Waals surface area contributed by atoms with Crippen LogP contribution < -0.4 is 5.48 Å². The van der Waals surface area contributed by atoms with Gasteiger partial charge in [0, 0.05) is 6.07 Å². The van der Waals surface area contributed by atoms with Crippen molar-refractivity contribution in [2.24, 2.45) is 0 Å². The Labute approximate surface area is 78.6 Å². The van der Waals surface area contributed by atoms with Crippen molar-refractivity contribution in [3.63, 3.8) is 0 Å². The van der Waals surface area contributed by atoms with Crippen LogP contribution in [0.1, 0.15) is 16.2 Å². The van der Waals surface area contributed by atoms with Gasteiger partial charge in [0.15, 0.2) is 6.61 Å². The first-order valence-corrected chi connectivity index (χ1v) is 3.67. The molecule has 0 aliphatic heterocycles. The summed E-state index contributed by atoms with van der Waals surface area (Å²) in [5.74, 6) is -1.89. The van der Waals surface area contributed by atoms with E-state index in [1.165, 1.54) is 6.07 Å². The molecule has 14 heavy (non-hydrogen) atoms. The lowest BCUT2D eigenvalue weighted by atomic mass is 10.4. The fourth-order valence-corrected chi connectivity index (χ4v) is 0.684. The Bertz CT molecular complexity index is 346. The van der Waals surface area contributed by atoms with E-state index < -0.39 is 18.5 Å². The molecule has 0 unspecified atom stereocenters. The van der Waals surface area contributed by atoms with Crippen molar-refractivity contribution in [3.05, 3.63) is 17.5 Å². The highest BCUT2D eigenvalue weighted by Gasteiger charge is 2.11. The number of aromatic nitrogens is 1. The Morgan fingerprint density at radius 2 is 2.43 bits per heavy atom. The fourth-order valence-electron chi connectivity index (χ4n) is 0.684. The topological polar surface area (TPSA) is 102 Å². The Morgan fingerprint density at radius 3 is 2.93 bits per heavy atom. The van der Waals surface area contributed by atoms with Crippen LogP contribution in [0.25, 0.3) is 0 Å². The maximum absolute atomic E-state index is 11.1. The van der Waals surface area contributed by atoms with Gasteiger partial charge in [0.25, 0.3) is 0 Å². The molecule has 7 nitrogen and oxygen atoms in total. The van der Waals surface area contributed by atoms with Gasteiger partial charge in [0.2, 0.25) is 5.76 Å². The molecule has 0 aliphatic carbocycles. The molecule has 0 aliphatic rings. The SMILES string of the molecule is Cc1cc(C(=O)NOCC(=O)O)on1. The summed E-state index contributed by atoms with van der Waals surface area (Å²) in [6, 6.07) is 1.40. The van der Waals surface area contributed by atoms with E-state index in [4.69, 9.17) is 5.11 Å². The predicted octanol–water partition coefficient (Wildman–Crippen LogP) is -0.271. The predicted molar refractivity (Wildman–Crippen MR) is 42.3 cm³/mol. The van der Waals surface area contributed by atoms with Crippen molar-refractivity contribution in [1.29, 1.82) is 0 Å². The van der Waals surface area contributed by atoms with Crippen LogP contribution in [0.3, 0.4) is 0 Å². The molecule has 1 aromatic heterocycles. The number of carbonyl (C=O) groups is 2. The molecule has 76 valence electrons. The fraction of sp³-hybridized carbons (Fsp3) is 0.286. The maximum atomic E-state index is 11.1. The summed E-state index contributed by atoms with van der Waals surface area (Å²) >= 11 is 0. The minimum atomic E-state index is -1.18. The number of rotatable bonds is 4. The molecule has 0 radical (unpaired) electrons. The highest BCUT2D eigenvalue weighted by Crippen LogP contribution is 2.00. The van der Waals surface area contributed by atoms with Crippen LogP contribution in [0.4, 0.5) is 0 Å². The summed E-state index contributed by atoms with van der Waals surface area (Å²) in [5, 5.41) is 11.7. The van der Waals surface area contributed by atoms with Crippen LogP contribution in [0.2, 0.25) is 0 Å². The van der Waals surface area contributed by atoms with Crippen LogP contribution in [0.15, 0.2) is 10.6 Å². The number of carboxylic acids is 1. The molecule has 0 saturated heterocycles. The maximum Gasteiger partial charge on any atom is 0.332 e. The number of amides is 1. The van der Waals surface area contributed by atoms with E-state index in [1.54, 1.807) is 6.92 Å². The smallest absolute Gasteiger partial charge is 0.332 e. The van der Waals surface area contributed by atoms with Crippen LogP contribution in [0.5, 0.6) is 0 Å². The molecule has 0 spiro atoms. The van der Waals surface area contributed by atoms with E-state index in [0.717, 1.165) is 0 Å². The van der Waals surface area contributed by atoms with Crippen LogP contribution >= 0.6 is 0 Å². The molecular weight excluding hydrogens is 192 g/mol. The number of carbonyl (C=O) groups excluding carboxylic acids is 1. The first-order valence-electron chi connectivity index (χ1n) is 3.67. The first kappa shape index (κ1) is 10.2. The van der Waals surface area contributed by atoms with Crippen LogP contribution in [-0.2, 0) is 9.63 Å². The largest absolute Gasteiger partial charge is 0.479 e. The number of hydrogen-bond donors (Lipinski definition) is 2. The summed E-state index contributed by atoms with van der Waals surface area (Å²) in [6.45, 7) is 1.04. The normalized spacial score (nSPS) is 9.79. The highest BCUT2D eigenvalue weighted by molar-refractivity contribution is 5.90. The van der Waals surface area contributed by atoms with Gasteiger partial charge in [-0.15, -0.1) is 0 Å². The quantitative estimate of drug-likeness (QED) is 0.648. The monoisotopic (exact) mass is 200 g/mol. The Morgan fingerprint density at radius 1 is 1.71 bits per heavy atom. The van der Waals surface area contributed by atoms with Gasteiger partial charge in [0.1, 0.15) is 0 Å². The zero-order valence-corrected chi connectivity index (χ0v) is 7.31. The van der Waals surface area contributed by atoms with E-state index in [-0.39, 0.29) is 5.76 Å². The number of nitrogens with zero attached hydrogens (tertiary/aromatic N) is 1. The molecule has 0 fully saturated rings. The van der Waals surface area contributed by atoms with Gasteiger partial charge in [0.05, 0.1) is 5.69 Å². The van der Waals surface area contributed by atoms with E-state index in [0.29, 0.717) is 5.69 Å². The van der Waals surface area contributed by atoms with Gasteiger partial charge in [-0.05, 0) is 6.92 Å². The molecule has 0 saturated carbocycles. The summed E-state index contributed by atoms with van der Waals surface area (Å²) in [6.07, 6.45) is 0.